The van der Waals surface area contributed by atoms with Gasteiger partial charge in [0.1, 0.15) is 23.9 Å². The third-order valence-electron chi connectivity index (χ3n) is 6.93. The highest BCUT2D eigenvalue weighted by Gasteiger charge is 2.48. The van der Waals surface area contributed by atoms with Gasteiger partial charge in [-0.15, -0.1) is 0 Å². The molecule has 0 aliphatic carbocycles. The van der Waals surface area contributed by atoms with Crippen molar-refractivity contribution in [1.82, 2.24) is 10.3 Å². The summed E-state index contributed by atoms with van der Waals surface area (Å²) in [5, 5.41) is 52.7. The number of phenolic OH excluding ortho intramolecular Hbond substituents is 1. The second kappa shape index (κ2) is 13.7. The van der Waals surface area contributed by atoms with Crippen LogP contribution in [-0.2, 0) is 16.1 Å². The number of carboxylic acids is 1. The van der Waals surface area contributed by atoms with Gasteiger partial charge < -0.3 is 54.8 Å². The zero-order chi connectivity index (χ0) is 31.3. The van der Waals surface area contributed by atoms with Crippen LogP contribution in [0.25, 0.3) is 10.9 Å². The molecule has 7 N–H and O–H groups in total. The number of phenols is 1. The molecule has 14 nitrogen and oxygen atoms in total. The SMILES string of the molecule is CCCCCOc1c(OC)ccc2cc(C(=O)NCc3ccc(O)c(OC4O[C@@H](C(=O)O)[C@H](O)[C@@H](O)C4O)c3)c(=O)[nH]c12. The Labute approximate surface area is 245 Å². The number of aromatic amines is 1. The molecule has 2 unspecified atom stereocenters. The summed E-state index contributed by atoms with van der Waals surface area (Å²) in [4.78, 5) is 40.0. The van der Waals surface area contributed by atoms with E-state index in [4.69, 9.17) is 18.9 Å². The normalized spacial score (nSPS) is 21.7. The number of unbranched alkanes of at least 4 members (excludes halogenated alkanes) is 2. The maximum Gasteiger partial charge on any atom is 0.335 e. The summed E-state index contributed by atoms with van der Waals surface area (Å²) in [5.41, 5.74) is -0.0152. The van der Waals surface area contributed by atoms with E-state index >= 15 is 0 Å². The fraction of sp³-hybridized carbons (Fsp3) is 0.414. The van der Waals surface area contributed by atoms with E-state index in [1.807, 2.05) is 0 Å². The van der Waals surface area contributed by atoms with Gasteiger partial charge in [-0.2, -0.15) is 0 Å². The summed E-state index contributed by atoms with van der Waals surface area (Å²) in [6.45, 7) is 2.39. The van der Waals surface area contributed by atoms with Gasteiger partial charge in [0.2, 0.25) is 6.29 Å². The maximum absolute atomic E-state index is 13.0. The molecule has 0 radical (unpaired) electrons. The molecule has 232 valence electrons. The first-order valence-corrected chi connectivity index (χ1v) is 13.6. The van der Waals surface area contributed by atoms with E-state index in [2.05, 4.69) is 17.2 Å². The Hall–Kier alpha value is -4.37. The number of ether oxygens (including phenoxy) is 4. The molecular weight excluding hydrogens is 568 g/mol. The highest BCUT2D eigenvalue weighted by molar-refractivity contribution is 5.98. The molecule has 1 fully saturated rings. The summed E-state index contributed by atoms with van der Waals surface area (Å²) in [6, 6.07) is 8.78. The summed E-state index contributed by atoms with van der Waals surface area (Å²) in [7, 11) is 1.49. The standard InChI is InChI=1S/C29H34N2O12/c1-3-4-5-10-41-24-18(40-2)9-7-15-12-16(27(37)31-20(15)24)26(36)30-13-14-6-8-17(32)19(11-14)42-29-23(35)21(33)22(34)25(43-29)28(38)39/h6-9,11-12,21-23,25,29,32-35H,3-5,10,13H2,1-2H3,(H,30,36)(H,31,37)(H,38,39)/t21-,22-,23?,25-,29?/m1/s1. The summed E-state index contributed by atoms with van der Waals surface area (Å²) in [5.74, 6) is -2.13. The maximum atomic E-state index is 13.0. The number of nitrogens with one attached hydrogen (secondary N) is 2. The first-order chi connectivity index (χ1) is 20.5. The number of carbonyl (C=O) groups excluding carboxylic acids is 1. The molecule has 3 aromatic rings. The van der Waals surface area contributed by atoms with Gasteiger partial charge in [-0.05, 0) is 42.3 Å². The van der Waals surface area contributed by atoms with E-state index in [9.17, 15) is 39.9 Å². The third-order valence-corrected chi connectivity index (χ3v) is 6.93. The molecule has 1 aliphatic heterocycles. The number of aliphatic carboxylic acids is 1. The van der Waals surface area contributed by atoms with Crippen molar-refractivity contribution in [2.75, 3.05) is 13.7 Å². The van der Waals surface area contributed by atoms with Crippen molar-refractivity contribution in [2.45, 2.75) is 63.4 Å². The van der Waals surface area contributed by atoms with E-state index in [0.29, 0.717) is 34.6 Å². The number of carbonyl (C=O) groups is 2. The van der Waals surface area contributed by atoms with Crippen LogP contribution < -0.4 is 25.1 Å². The van der Waals surface area contributed by atoms with Gasteiger partial charge in [0, 0.05) is 11.9 Å². The minimum atomic E-state index is -1.91. The first-order valence-electron chi connectivity index (χ1n) is 13.6. The van der Waals surface area contributed by atoms with Crippen molar-refractivity contribution in [3.8, 4) is 23.0 Å². The second-order valence-corrected chi connectivity index (χ2v) is 9.97. The average Bonchev–Trinajstić information content (AvgIpc) is 2.99. The molecule has 2 heterocycles. The number of aliphatic hydroxyl groups excluding tert-OH is 3. The molecule has 1 aliphatic rings. The lowest BCUT2D eigenvalue weighted by Crippen LogP contribution is -2.61. The van der Waals surface area contributed by atoms with E-state index < -0.39 is 53.9 Å². The Balaban J connectivity index is 1.49. The van der Waals surface area contributed by atoms with Crippen LogP contribution in [0.1, 0.15) is 42.1 Å². The van der Waals surface area contributed by atoms with Gasteiger partial charge in [-0.25, -0.2) is 4.79 Å². The van der Waals surface area contributed by atoms with Crippen LogP contribution in [0.5, 0.6) is 23.0 Å². The Morgan fingerprint density at radius 2 is 1.79 bits per heavy atom. The van der Waals surface area contributed by atoms with Crippen LogP contribution in [0, 0.1) is 0 Å². The smallest absolute Gasteiger partial charge is 0.335 e. The molecule has 0 saturated carbocycles. The van der Waals surface area contributed by atoms with Gasteiger partial charge >= 0.3 is 5.97 Å². The fourth-order valence-electron chi connectivity index (χ4n) is 4.54. The first kappa shape index (κ1) is 31.6. The average molecular weight is 603 g/mol. The van der Waals surface area contributed by atoms with Gasteiger partial charge in [-0.3, -0.25) is 9.59 Å². The summed E-state index contributed by atoms with van der Waals surface area (Å²) < 4.78 is 21.8. The predicted octanol–water partition coefficient (Wildman–Crippen LogP) is 1.01. The van der Waals surface area contributed by atoms with Crippen molar-refractivity contribution < 1.29 is 54.1 Å². The lowest BCUT2D eigenvalue weighted by molar-refractivity contribution is -0.271. The molecule has 43 heavy (non-hydrogen) atoms. The topological polar surface area (TPSA) is 217 Å². The van der Waals surface area contributed by atoms with Crippen molar-refractivity contribution >= 4 is 22.8 Å². The number of aromatic hydroxyl groups is 1. The van der Waals surface area contributed by atoms with E-state index in [-0.39, 0.29) is 17.9 Å². The lowest BCUT2D eigenvalue weighted by Gasteiger charge is -2.38. The van der Waals surface area contributed by atoms with Gasteiger partial charge in [0.05, 0.1) is 19.2 Å². The molecule has 14 heteroatoms. The Morgan fingerprint density at radius 1 is 1.02 bits per heavy atom. The van der Waals surface area contributed by atoms with E-state index in [0.717, 1.165) is 19.3 Å². The number of amides is 1. The van der Waals surface area contributed by atoms with E-state index in [1.165, 1.54) is 31.4 Å². The van der Waals surface area contributed by atoms with E-state index in [1.54, 1.807) is 12.1 Å². The van der Waals surface area contributed by atoms with Crippen LogP contribution in [0.3, 0.4) is 0 Å². The van der Waals surface area contributed by atoms with Crippen LogP contribution in [0.2, 0.25) is 0 Å². The number of H-pyrrole nitrogens is 1. The summed E-state index contributed by atoms with van der Waals surface area (Å²) in [6.07, 6.45) is -6.45. The number of carboxylic acid groups (broad SMARTS) is 1. The predicted molar refractivity (Wildman–Crippen MR) is 150 cm³/mol. The third kappa shape index (κ3) is 7.00. The zero-order valence-electron chi connectivity index (χ0n) is 23.5. The number of fused-ring (bicyclic) bond motifs is 1. The number of methoxy groups -OCH3 is 1. The number of hydrogen-bond acceptors (Lipinski definition) is 11. The fourth-order valence-corrected chi connectivity index (χ4v) is 4.54. The highest BCUT2D eigenvalue weighted by Crippen LogP contribution is 2.34. The monoisotopic (exact) mass is 602 g/mol. The number of benzene rings is 2. The minimum absolute atomic E-state index is 0.117. The molecule has 5 atom stereocenters. The zero-order valence-corrected chi connectivity index (χ0v) is 23.5. The van der Waals surface area contributed by atoms with Crippen molar-refractivity contribution in [3.05, 3.63) is 57.9 Å². The van der Waals surface area contributed by atoms with Crippen LogP contribution in [-0.4, -0.2) is 86.8 Å². The van der Waals surface area contributed by atoms with Crippen molar-refractivity contribution in [3.63, 3.8) is 0 Å². The van der Waals surface area contributed by atoms with Gasteiger partial charge in [-0.1, -0.05) is 25.8 Å². The number of pyridine rings is 1. The number of rotatable bonds is 12. The Kier molecular flexibility index (Phi) is 10.1. The highest BCUT2D eigenvalue weighted by atomic mass is 16.7. The van der Waals surface area contributed by atoms with Crippen LogP contribution >= 0.6 is 0 Å². The van der Waals surface area contributed by atoms with Crippen molar-refractivity contribution in [1.29, 1.82) is 0 Å². The van der Waals surface area contributed by atoms with Gasteiger partial charge in [0.25, 0.3) is 11.5 Å². The quantitative estimate of drug-likeness (QED) is 0.145. The number of aliphatic hydroxyl groups is 3. The molecule has 4 rings (SSSR count). The minimum Gasteiger partial charge on any atom is -0.504 e. The van der Waals surface area contributed by atoms with Crippen molar-refractivity contribution in [2.24, 2.45) is 0 Å². The largest absolute Gasteiger partial charge is 0.504 e. The summed E-state index contributed by atoms with van der Waals surface area (Å²) >= 11 is 0. The Bertz CT molecular complexity index is 1520. The molecule has 1 saturated heterocycles. The van der Waals surface area contributed by atoms with Gasteiger partial charge in [0.15, 0.2) is 29.1 Å². The number of hydrogen-bond donors (Lipinski definition) is 7. The second-order valence-electron chi connectivity index (χ2n) is 9.97. The van der Waals surface area contributed by atoms with Crippen LogP contribution in [0.4, 0.5) is 0 Å². The Morgan fingerprint density at radius 3 is 2.49 bits per heavy atom. The molecule has 1 amide bonds. The van der Waals surface area contributed by atoms with Crippen LogP contribution in [0.15, 0.2) is 41.2 Å². The molecule has 0 bridgehead atoms. The number of aromatic nitrogens is 1. The molecule has 1 aromatic heterocycles. The lowest BCUT2D eigenvalue weighted by atomic mass is 9.99. The molecule has 2 aromatic carbocycles. The molecule has 0 spiro atoms. The molecular formula is C29H34N2O12.